The third-order valence-corrected chi connectivity index (χ3v) is 6.89. The summed E-state index contributed by atoms with van der Waals surface area (Å²) in [6, 6.07) is 14.4. The van der Waals surface area contributed by atoms with Gasteiger partial charge in [0.1, 0.15) is 12.0 Å². The number of thioether (sulfide) groups is 2. The number of anilines is 2. The van der Waals surface area contributed by atoms with E-state index in [0.29, 0.717) is 11.7 Å². The highest BCUT2D eigenvalue weighted by Crippen LogP contribution is 2.45. The van der Waals surface area contributed by atoms with Gasteiger partial charge in [0.15, 0.2) is 0 Å². The minimum Gasteiger partial charge on any atom is -0.461 e. The maximum atomic E-state index is 13.9. The van der Waals surface area contributed by atoms with Gasteiger partial charge in [-0.1, -0.05) is 31.5 Å². The lowest BCUT2D eigenvalue weighted by atomic mass is 10.1. The van der Waals surface area contributed by atoms with Crippen molar-refractivity contribution in [1.29, 1.82) is 0 Å². The third kappa shape index (κ3) is 5.32. The molecule has 0 fully saturated rings. The molecule has 3 rings (SSSR count). The molecule has 1 aliphatic rings. The molecule has 1 unspecified atom stereocenters. The van der Waals surface area contributed by atoms with Gasteiger partial charge in [-0.15, -0.1) is 23.5 Å². The molecule has 2 aromatic carbocycles. The number of ether oxygens (including phenoxy) is 2. The van der Waals surface area contributed by atoms with E-state index in [1.165, 1.54) is 11.8 Å². The Kier molecular flexibility index (Phi) is 8.10. The molecule has 1 heterocycles. The van der Waals surface area contributed by atoms with Crippen LogP contribution in [-0.2, 0) is 9.53 Å². The summed E-state index contributed by atoms with van der Waals surface area (Å²) < 4.78 is 24.2. The smallest absolute Gasteiger partial charge is 0.370 e. The van der Waals surface area contributed by atoms with Crippen LogP contribution < -0.4 is 9.64 Å². The summed E-state index contributed by atoms with van der Waals surface area (Å²) in [4.78, 5) is 15.8. The van der Waals surface area contributed by atoms with Crippen molar-refractivity contribution in [3.8, 4) is 5.75 Å². The number of para-hydroxylation sites is 1. The van der Waals surface area contributed by atoms with Crippen molar-refractivity contribution in [2.24, 2.45) is 5.92 Å². The Hall–Kier alpha value is -2.12. The Labute approximate surface area is 185 Å². The Balaban J connectivity index is 1.98. The van der Waals surface area contributed by atoms with E-state index in [0.717, 1.165) is 46.1 Å². The minimum absolute atomic E-state index is 0.111. The van der Waals surface area contributed by atoms with Gasteiger partial charge in [0.05, 0.1) is 17.2 Å². The van der Waals surface area contributed by atoms with Crippen LogP contribution in [-0.4, -0.2) is 31.1 Å². The van der Waals surface area contributed by atoms with Gasteiger partial charge >= 0.3 is 5.97 Å². The van der Waals surface area contributed by atoms with Crippen LogP contribution in [0.25, 0.3) is 0 Å². The van der Waals surface area contributed by atoms with Gasteiger partial charge in [-0.25, -0.2) is 4.79 Å². The maximum Gasteiger partial charge on any atom is 0.370 e. The molecule has 0 aromatic heterocycles. The molecule has 1 atom stereocenters. The summed E-state index contributed by atoms with van der Waals surface area (Å²) in [6.45, 7) is 4.89. The van der Waals surface area contributed by atoms with E-state index < -0.39 is 11.8 Å². The van der Waals surface area contributed by atoms with Crippen molar-refractivity contribution in [2.45, 2.75) is 30.1 Å². The van der Waals surface area contributed by atoms with Crippen molar-refractivity contribution in [3.05, 3.63) is 54.6 Å². The first-order valence-corrected chi connectivity index (χ1v) is 12.1. The molecule has 1 aliphatic heterocycles. The zero-order valence-corrected chi connectivity index (χ0v) is 19.0. The number of fused-ring (bicyclic) bond motifs is 1. The highest BCUT2D eigenvalue weighted by Gasteiger charge is 2.25. The fourth-order valence-corrected chi connectivity index (χ4v) is 4.99. The van der Waals surface area contributed by atoms with Crippen LogP contribution >= 0.6 is 23.5 Å². The molecule has 160 valence electrons. The van der Waals surface area contributed by atoms with Crippen molar-refractivity contribution < 1.29 is 18.7 Å². The van der Waals surface area contributed by atoms with E-state index >= 15 is 0 Å². The summed E-state index contributed by atoms with van der Waals surface area (Å²) >= 11 is 3.31. The highest BCUT2D eigenvalue weighted by molar-refractivity contribution is 7.99. The maximum absolute atomic E-state index is 13.9. The summed E-state index contributed by atoms with van der Waals surface area (Å²) in [7, 11) is 0. The number of nitrogens with zero attached hydrogens (tertiary/aromatic N) is 1. The topological polar surface area (TPSA) is 38.8 Å². The second-order valence-electron chi connectivity index (χ2n) is 6.81. The van der Waals surface area contributed by atoms with Gasteiger partial charge in [-0.2, -0.15) is 4.39 Å². The van der Waals surface area contributed by atoms with E-state index in [-0.39, 0.29) is 6.61 Å². The lowest BCUT2D eigenvalue weighted by Crippen LogP contribution is -2.24. The molecule has 4 nitrogen and oxygen atoms in total. The number of esters is 1. The molecule has 0 spiro atoms. The quantitative estimate of drug-likeness (QED) is 0.211. The second kappa shape index (κ2) is 10.8. The average Bonchev–Trinajstić information content (AvgIpc) is 2.96. The van der Waals surface area contributed by atoms with Gasteiger partial charge in [0, 0.05) is 22.9 Å². The van der Waals surface area contributed by atoms with E-state index in [4.69, 9.17) is 4.74 Å². The zero-order valence-electron chi connectivity index (χ0n) is 17.4. The first kappa shape index (κ1) is 22.6. The van der Waals surface area contributed by atoms with Crippen molar-refractivity contribution >= 4 is 40.9 Å². The van der Waals surface area contributed by atoms with Gasteiger partial charge in [0.2, 0.25) is 5.83 Å². The number of benzene rings is 2. The molecular weight excluding hydrogens is 421 g/mol. The summed E-state index contributed by atoms with van der Waals surface area (Å²) in [5, 5.41) is 0. The van der Waals surface area contributed by atoms with Crippen LogP contribution in [0.3, 0.4) is 0 Å². The van der Waals surface area contributed by atoms with Gasteiger partial charge < -0.3 is 14.4 Å². The third-order valence-electron chi connectivity index (χ3n) is 4.86. The second-order valence-corrected chi connectivity index (χ2v) is 8.72. The van der Waals surface area contributed by atoms with Crippen molar-refractivity contribution in [3.63, 3.8) is 0 Å². The summed E-state index contributed by atoms with van der Waals surface area (Å²) in [5.74, 6) is -0.00313. The fraction of sp³-hybridized carbons (Fsp3) is 0.348. The van der Waals surface area contributed by atoms with Gasteiger partial charge in [-0.3, -0.25) is 0 Å². The number of carbonyl (C=O) groups excluding carboxylic acids is 1. The number of carbonyl (C=O) groups is 1. The van der Waals surface area contributed by atoms with Crippen molar-refractivity contribution in [2.75, 3.05) is 30.1 Å². The molecular formula is C23H26FNO3S2. The SMILES string of the molecule is CCOC(=O)/C(F)=C/Oc1cc2c(cc1SC)N(c1ccccc1)CC(CC)CS2. The summed E-state index contributed by atoms with van der Waals surface area (Å²) in [5.41, 5.74) is 2.27. The van der Waals surface area contributed by atoms with Crippen LogP contribution in [0.2, 0.25) is 0 Å². The highest BCUT2D eigenvalue weighted by atomic mass is 32.2. The summed E-state index contributed by atoms with van der Waals surface area (Å²) in [6.07, 6.45) is 3.87. The molecule has 0 aliphatic carbocycles. The molecule has 0 radical (unpaired) electrons. The normalized spacial score (nSPS) is 16.6. The molecule has 30 heavy (non-hydrogen) atoms. The number of hydrogen-bond acceptors (Lipinski definition) is 6. The van der Waals surface area contributed by atoms with Gasteiger partial charge in [0.25, 0.3) is 0 Å². The Morgan fingerprint density at radius 2 is 2.07 bits per heavy atom. The van der Waals surface area contributed by atoms with Crippen LogP contribution in [0.4, 0.5) is 15.8 Å². The number of rotatable bonds is 7. The number of halogens is 1. The number of hydrogen-bond donors (Lipinski definition) is 0. The minimum atomic E-state index is -1.05. The molecule has 0 saturated carbocycles. The molecule has 0 N–H and O–H groups in total. The average molecular weight is 448 g/mol. The largest absolute Gasteiger partial charge is 0.461 e. The first-order chi connectivity index (χ1) is 14.6. The van der Waals surface area contributed by atoms with Gasteiger partial charge in [-0.05, 0) is 43.4 Å². The van der Waals surface area contributed by atoms with Crippen LogP contribution in [0, 0.1) is 5.92 Å². The fourth-order valence-electron chi connectivity index (χ4n) is 3.19. The molecule has 0 saturated heterocycles. The van der Waals surface area contributed by atoms with E-state index in [1.807, 2.05) is 30.5 Å². The Morgan fingerprint density at radius 1 is 1.30 bits per heavy atom. The van der Waals surface area contributed by atoms with E-state index in [2.05, 4.69) is 34.8 Å². The van der Waals surface area contributed by atoms with Crippen LogP contribution in [0.1, 0.15) is 20.3 Å². The monoisotopic (exact) mass is 447 g/mol. The molecule has 2 aromatic rings. The van der Waals surface area contributed by atoms with Crippen LogP contribution in [0.15, 0.2) is 64.3 Å². The van der Waals surface area contributed by atoms with Crippen LogP contribution in [0.5, 0.6) is 5.75 Å². The molecule has 7 heteroatoms. The Bertz CT molecular complexity index is 905. The zero-order chi connectivity index (χ0) is 21.5. The lowest BCUT2D eigenvalue weighted by Gasteiger charge is -2.28. The van der Waals surface area contributed by atoms with E-state index in [1.54, 1.807) is 18.7 Å². The van der Waals surface area contributed by atoms with E-state index in [9.17, 15) is 9.18 Å². The first-order valence-electron chi connectivity index (χ1n) is 9.94. The molecule has 0 bridgehead atoms. The molecule has 0 amide bonds. The predicted octanol–water partition coefficient (Wildman–Crippen LogP) is 6.43. The lowest BCUT2D eigenvalue weighted by molar-refractivity contribution is -0.140. The predicted molar refractivity (Wildman–Crippen MR) is 123 cm³/mol. The standard InChI is InChI=1S/C23H26FNO3S2/c1-4-16-13-25(17-9-7-6-8-10-17)19-11-22(29-3)20(12-21(19)30-15-16)28-14-18(24)23(26)27-5-2/h6-12,14,16H,4-5,13,15H2,1-3H3/b18-14-. The van der Waals surface area contributed by atoms with Crippen molar-refractivity contribution in [1.82, 2.24) is 0 Å². The Morgan fingerprint density at radius 3 is 2.73 bits per heavy atom.